The summed E-state index contributed by atoms with van der Waals surface area (Å²) in [7, 11) is 0. The quantitative estimate of drug-likeness (QED) is 0.581. The normalized spacial score (nSPS) is 11.9. The van der Waals surface area contributed by atoms with Gasteiger partial charge in [-0.15, -0.1) is 0 Å². The van der Waals surface area contributed by atoms with Gasteiger partial charge in [-0.2, -0.15) is 0 Å². The van der Waals surface area contributed by atoms with Crippen molar-refractivity contribution in [3.05, 3.63) is 23.8 Å². The van der Waals surface area contributed by atoms with Crippen LogP contribution in [0.4, 0.5) is 0 Å². The van der Waals surface area contributed by atoms with E-state index in [1.807, 2.05) is 0 Å². The van der Waals surface area contributed by atoms with Crippen molar-refractivity contribution in [2.24, 2.45) is 0 Å². The first-order chi connectivity index (χ1) is 7.34. The van der Waals surface area contributed by atoms with Crippen molar-refractivity contribution in [2.75, 3.05) is 6.61 Å². The molecule has 6 heteroatoms. The fourth-order valence-electron chi connectivity index (χ4n) is 0.308. The molecule has 0 rings (SSSR count). The Labute approximate surface area is 99.0 Å². The fourth-order valence-corrected chi connectivity index (χ4v) is 0.402. The van der Waals surface area contributed by atoms with E-state index in [4.69, 9.17) is 21.8 Å². The van der Waals surface area contributed by atoms with Crippen LogP contribution in [0.15, 0.2) is 23.8 Å². The van der Waals surface area contributed by atoms with Crippen LogP contribution in [0.25, 0.3) is 0 Å². The van der Waals surface area contributed by atoms with Crippen molar-refractivity contribution in [2.45, 2.75) is 20.0 Å². The first-order valence-corrected chi connectivity index (χ1v) is 4.76. The maximum absolute atomic E-state index is 10.3. The van der Waals surface area contributed by atoms with Gasteiger partial charge < -0.3 is 14.9 Å². The molecule has 0 aromatic rings. The fraction of sp³-hybridized carbons (Fsp3) is 0.400. The number of hydrogen-bond acceptors (Lipinski definition) is 4. The Morgan fingerprint density at radius 1 is 1.56 bits per heavy atom. The highest BCUT2D eigenvalue weighted by Crippen LogP contribution is 1.92. The summed E-state index contributed by atoms with van der Waals surface area (Å²) < 4.78 is 4.45. The minimum atomic E-state index is -0.977. The highest BCUT2D eigenvalue weighted by Gasteiger charge is 1.98. The van der Waals surface area contributed by atoms with Crippen molar-refractivity contribution in [3.63, 3.8) is 0 Å². The number of carboxylic acid groups (broad SMARTS) is 1. The molecule has 0 aliphatic heterocycles. The first-order valence-electron chi connectivity index (χ1n) is 4.32. The van der Waals surface area contributed by atoms with Crippen LogP contribution in [0.2, 0.25) is 0 Å². The molecule has 0 radical (unpaired) electrons. The van der Waals surface area contributed by atoms with Gasteiger partial charge in [0.15, 0.2) is 0 Å². The van der Waals surface area contributed by atoms with Gasteiger partial charge in [0.1, 0.15) is 6.61 Å². The summed E-state index contributed by atoms with van der Waals surface area (Å²) in [4.78, 5) is 20.0. The van der Waals surface area contributed by atoms with Gasteiger partial charge in [-0.1, -0.05) is 18.2 Å². The number of carbonyl (C=O) groups is 2. The Bertz CT molecular complexity index is 270. The molecule has 1 unspecified atom stereocenters. The number of carboxylic acids is 1. The van der Waals surface area contributed by atoms with E-state index in [9.17, 15) is 9.59 Å². The van der Waals surface area contributed by atoms with Gasteiger partial charge in [0, 0.05) is 17.2 Å². The van der Waals surface area contributed by atoms with Crippen LogP contribution in [0, 0.1) is 0 Å². The van der Waals surface area contributed by atoms with E-state index >= 15 is 0 Å². The van der Waals surface area contributed by atoms with E-state index in [2.05, 4.69) is 11.3 Å². The first kappa shape index (κ1) is 17.1. The predicted molar refractivity (Wildman–Crippen MR) is 60.1 cm³/mol. The van der Waals surface area contributed by atoms with E-state index in [1.165, 1.54) is 13.8 Å². The molecule has 0 aliphatic carbocycles. The molecule has 0 bridgehead atoms. The largest absolute Gasteiger partial charge is 0.478 e. The zero-order chi connectivity index (χ0) is 13.1. The molecule has 1 atom stereocenters. The highest BCUT2D eigenvalue weighted by molar-refractivity contribution is 6.27. The number of carbonyl (C=O) groups excluding carboxylic acids is 1. The summed E-state index contributed by atoms with van der Waals surface area (Å²) in [5, 5.41) is 16.6. The van der Waals surface area contributed by atoms with Gasteiger partial charge in [0.2, 0.25) is 0 Å². The van der Waals surface area contributed by atoms with Crippen LogP contribution in [-0.4, -0.2) is 34.9 Å². The molecule has 92 valence electrons. The SMILES string of the molecule is C=CC(=O)OCC(C)O.CC(=CCl)C(=O)O. The summed E-state index contributed by atoms with van der Waals surface area (Å²) in [6.07, 6.45) is 0.455. The van der Waals surface area contributed by atoms with Crippen LogP contribution in [-0.2, 0) is 14.3 Å². The van der Waals surface area contributed by atoms with Gasteiger partial charge in [0.25, 0.3) is 0 Å². The minimum absolute atomic E-state index is 0.0326. The molecule has 0 heterocycles. The van der Waals surface area contributed by atoms with E-state index < -0.39 is 18.0 Å². The zero-order valence-corrected chi connectivity index (χ0v) is 9.90. The zero-order valence-electron chi connectivity index (χ0n) is 9.14. The monoisotopic (exact) mass is 250 g/mol. The standard InChI is InChI=1S/C6H10O3.C4H5ClO2/c1-3-6(8)9-4-5(2)7;1-3(2-5)4(6)7/h3,5,7H,1,4H2,2H3;2H,1H3,(H,6,7). The second-order valence-corrected chi connectivity index (χ2v) is 3.00. The summed E-state index contributed by atoms with van der Waals surface area (Å²) in [5.41, 5.74) is 1.18. The molecular formula is C10H15ClO5. The molecule has 0 aromatic heterocycles. The molecule has 0 aliphatic rings. The maximum Gasteiger partial charge on any atom is 0.332 e. The number of hydrogen-bond donors (Lipinski definition) is 2. The Kier molecular flexibility index (Phi) is 10.9. The van der Waals surface area contributed by atoms with Crippen molar-refractivity contribution < 1.29 is 24.5 Å². The number of ether oxygens (including phenoxy) is 1. The lowest BCUT2D eigenvalue weighted by atomic mass is 10.4. The Hall–Kier alpha value is -1.33. The average molecular weight is 251 g/mol. The van der Waals surface area contributed by atoms with Gasteiger partial charge in [-0.05, 0) is 13.8 Å². The van der Waals surface area contributed by atoms with Crippen LogP contribution in [0.1, 0.15) is 13.8 Å². The van der Waals surface area contributed by atoms with E-state index in [0.717, 1.165) is 11.6 Å². The maximum atomic E-state index is 10.3. The lowest BCUT2D eigenvalue weighted by molar-refractivity contribution is -0.140. The molecule has 16 heavy (non-hydrogen) atoms. The number of esters is 1. The van der Waals surface area contributed by atoms with Crippen molar-refractivity contribution in [3.8, 4) is 0 Å². The second-order valence-electron chi connectivity index (χ2n) is 2.78. The third kappa shape index (κ3) is 12.7. The van der Waals surface area contributed by atoms with Gasteiger partial charge in [-0.25, -0.2) is 9.59 Å². The second kappa shape index (κ2) is 10.2. The number of aliphatic carboxylic acids is 1. The van der Waals surface area contributed by atoms with E-state index in [0.29, 0.717) is 0 Å². The van der Waals surface area contributed by atoms with Crippen LogP contribution in [0.5, 0.6) is 0 Å². The summed E-state index contributed by atoms with van der Waals surface area (Å²) in [6.45, 7) is 6.18. The Balaban J connectivity index is 0. The molecule has 0 saturated carbocycles. The number of halogens is 1. The molecule has 0 aromatic carbocycles. The molecule has 5 nitrogen and oxygen atoms in total. The molecule has 0 fully saturated rings. The lowest BCUT2D eigenvalue weighted by Crippen LogP contribution is -2.13. The van der Waals surface area contributed by atoms with Gasteiger partial charge >= 0.3 is 11.9 Å². The number of rotatable bonds is 4. The Morgan fingerprint density at radius 3 is 2.25 bits per heavy atom. The molecular weight excluding hydrogens is 236 g/mol. The lowest BCUT2D eigenvalue weighted by Gasteiger charge is -2.02. The highest BCUT2D eigenvalue weighted by atomic mass is 35.5. The number of aliphatic hydroxyl groups is 1. The van der Waals surface area contributed by atoms with Gasteiger partial charge in [-0.3, -0.25) is 0 Å². The van der Waals surface area contributed by atoms with Gasteiger partial charge in [0.05, 0.1) is 6.10 Å². The Morgan fingerprint density at radius 2 is 2.06 bits per heavy atom. The predicted octanol–water partition coefficient (Wildman–Crippen LogP) is 1.31. The third-order valence-corrected chi connectivity index (χ3v) is 1.46. The van der Waals surface area contributed by atoms with Crippen LogP contribution in [0.3, 0.4) is 0 Å². The summed E-state index contributed by atoms with van der Waals surface area (Å²) in [6, 6.07) is 0. The van der Waals surface area contributed by atoms with Crippen molar-refractivity contribution in [1.29, 1.82) is 0 Å². The van der Waals surface area contributed by atoms with Crippen LogP contribution >= 0.6 is 11.6 Å². The van der Waals surface area contributed by atoms with Crippen molar-refractivity contribution >= 4 is 23.5 Å². The summed E-state index contributed by atoms with van der Waals surface area (Å²) >= 11 is 5.00. The third-order valence-electron chi connectivity index (χ3n) is 1.13. The topological polar surface area (TPSA) is 83.8 Å². The molecule has 0 amide bonds. The molecule has 2 N–H and O–H groups in total. The summed E-state index contributed by atoms with van der Waals surface area (Å²) in [5.74, 6) is -1.48. The number of aliphatic hydroxyl groups excluding tert-OH is 1. The average Bonchev–Trinajstić information content (AvgIpc) is 2.25. The van der Waals surface area contributed by atoms with Crippen molar-refractivity contribution in [1.82, 2.24) is 0 Å². The smallest absolute Gasteiger partial charge is 0.332 e. The molecule has 0 spiro atoms. The molecule has 0 saturated heterocycles. The van der Waals surface area contributed by atoms with E-state index in [1.54, 1.807) is 0 Å². The minimum Gasteiger partial charge on any atom is -0.478 e. The van der Waals surface area contributed by atoms with E-state index in [-0.39, 0.29) is 12.2 Å². The van der Waals surface area contributed by atoms with Crippen LogP contribution < -0.4 is 0 Å².